The van der Waals surface area contributed by atoms with Gasteiger partial charge in [0, 0.05) is 30.1 Å². The maximum absolute atomic E-state index is 13.5. The van der Waals surface area contributed by atoms with Crippen LogP contribution >= 0.6 is 47.8 Å². The summed E-state index contributed by atoms with van der Waals surface area (Å²) in [4.78, 5) is 53.7. The van der Waals surface area contributed by atoms with Crippen molar-refractivity contribution in [3.8, 4) is 51.0 Å². The Kier molecular flexibility index (Phi) is 11.1. The third-order valence-electron chi connectivity index (χ3n) is 7.90. The lowest BCUT2D eigenvalue weighted by atomic mass is 10.1. The number of nitrogens with zero attached hydrogens (tertiary/aromatic N) is 3. The summed E-state index contributed by atoms with van der Waals surface area (Å²) in [6.45, 7) is 0. The van der Waals surface area contributed by atoms with Crippen LogP contribution in [0, 0.1) is 0 Å². The quantitative estimate of drug-likeness (QED) is 0.131. The van der Waals surface area contributed by atoms with Crippen LogP contribution < -0.4 is 14.2 Å². The zero-order valence-electron chi connectivity index (χ0n) is 27.8. The number of esters is 3. The fraction of sp³-hybridized carbons (Fsp3) is 0. The van der Waals surface area contributed by atoms with Crippen LogP contribution in [0.15, 0.2) is 159 Å². The Morgan fingerprint density at radius 2 is 0.630 bits per heavy atom. The molecule has 12 heteroatoms. The third kappa shape index (κ3) is 9.03. The van der Waals surface area contributed by atoms with E-state index in [2.05, 4.69) is 62.7 Å². The molecule has 7 rings (SSSR count). The lowest BCUT2D eigenvalue weighted by Crippen LogP contribution is -2.17. The summed E-state index contributed by atoms with van der Waals surface area (Å²) in [6.07, 6.45) is 4.25. The first-order valence-electron chi connectivity index (χ1n) is 16.1. The molecule has 0 spiro atoms. The van der Waals surface area contributed by atoms with Crippen molar-refractivity contribution < 1.29 is 28.6 Å². The predicted molar refractivity (Wildman–Crippen MR) is 213 cm³/mol. The highest BCUT2D eigenvalue weighted by Gasteiger charge is 2.21. The molecule has 0 saturated carbocycles. The van der Waals surface area contributed by atoms with Crippen molar-refractivity contribution in [3.05, 3.63) is 176 Å². The number of pyridine rings is 3. The molecule has 0 saturated heterocycles. The van der Waals surface area contributed by atoms with Crippen molar-refractivity contribution in [2.24, 2.45) is 0 Å². The minimum Gasteiger partial charge on any atom is -0.421 e. The number of hydrogen-bond donors (Lipinski definition) is 0. The second-order valence-electron chi connectivity index (χ2n) is 11.6. The average molecular weight is 906 g/mol. The summed E-state index contributed by atoms with van der Waals surface area (Å²) in [7, 11) is 0. The fourth-order valence-corrected chi connectivity index (χ4v) is 5.97. The van der Waals surface area contributed by atoms with Crippen LogP contribution in [0.1, 0.15) is 31.1 Å². The van der Waals surface area contributed by atoms with Crippen molar-refractivity contribution in [2.45, 2.75) is 0 Å². The van der Waals surface area contributed by atoms with E-state index < -0.39 is 17.9 Å². The third-order valence-corrected chi connectivity index (χ3v) is 9.49. The molecule has 54 heavy (non-hydrogen) atoms. The van der Waals surface area contributed by atoms with Crippen molar-refractivity contribution >= 4 is 65.7 Å². The Hall–Kier alpha value is -5.82. The summed E-state index contributed by atoms with van der Waals surface area (Å²) in [5.74, 6) is -2.03. The van der Waals surface area contributed by atoms with E-state index in [0.717, 1.165) is 30.1 Å². The van der Waals surface area contributed by atoms with Crippen LogP contribution in [0.2, 0.25) is 0 Å². The molecular formula is C42H24Br3N3O6. The van der Waals surface area contributed by atoms with Crippen LogP contribution in [0.4, 0.5) is 0 Å². The first-order chi connectivity index (χ1) is 26.2. The summed E-state index contributed by atoms with van der Waals surface area (Å²) in [5.41, 5.74) is 4.37. The minimum atomic E-state index is -0.835. The number of halogens is 3. The molecule has 0 atom stereocenters. The van der Waals surface area contributed by atoms with Crippen LogP contribution in [0.3, 0.4) is 0 Å². The number of rotatable bonds is 9. The number of carbonyl (C=O) groups is 3. The Balaban J connectivity index is 1.12. The van der Waals surface area contributed by atoms with E-state index >= 15 is 0 Å². The molecule has 0 aliphatic heterocycles. The number of carbonyl (C=O) groups excluding carboxylic acids is 3. The molecule has 0 aliphatic carbocycles. The smallest absolute Gasteiger partial charge is 0.343 e. The van der Waals surface area contributed by atoms with Crippen LogP contribution in [-0.2, 0) is 0 Å². The zero-order valence-corrected chi connectivity index (χ0v) is 32.5. The topological polar surface area (TPSA) is 118 Å². The van der Waals surface area contributed by atoms with Gasteiger partial charge in [-0.15, -0.1) is 0 Å². The normalized spacial score (nSPS) is 10.7. The Morgan fingerprint density at radius 3 is 0.852 bits per heavy atom. The highest BCUT2D eigenvalue weighted by molar-refractivity contribution is 9.11. The zero-order chi connectivity index (χ0) is 37.6. The van der Waals surface area contributed by atoms with Crippen molar-refractivity contribution in [1.29, 1.82) is 0 Å². The van der Waals surface area contributed by atoms with Crippen LogP contribution in [0.25, 0.3) is 33.8 Å². The Morgan fingerprint density at radius 1 is 0.370 bits per heavy atom. The highest BCUT2D eigenvalue weighted by Crippen LogP contribution is 2.26. The molecule has 0 radical (unpaired) electrons. The lowest BCUT2D eigenvalue weighted by Gasteiger charge is -2.11. The van der Waals surface area contributed by atoms with Gasteiger partial charge in [-0.05, 0) is 91.0 Å². The van der Waals surface area contributed by atoms with Gasteiger partial charge < -0.3 is 14.2 Å². The van der Waals surface area contributed by atoms with Gasteiger partial charge >= 0.3 is 17.9 Å². The number of benzene rings is 4. The van der Waals surface area contributed by atoms with Gasteiger partial charge in [-0.25, -0.2) is 14.4 Å². The molecule has 4 aromatic carbocycles. The summed E-state index contributed by atoms with van der Waals surface area (Å²) in [6, 6.07) is 36.6. The SMILES string of the molecule is O=C(Oc1ccc(-c2ccc(Br)cc2)nc1)c1cc(C(=O)Oc2ccc(-c3ccc(Br)cc3)nc2)cc(C(=O)Oc2ccc(-c3ccc(Br)cc3)nc2)c1. The monoisotopic (exact) mass is 903 g/mol. The van der Waals surface area contributed by atoms with Crippen LogP contribution in [0.5, 0.6) is 17.2 Å². The van der Waals surface area contributed by atoms with Gasteiger partial charge in [0.05, 0.1) is 52.4 Å². The molecule has 0 fully saturated rings. The van der Waals surface area contributed by atoms with E-state index in [1.54, 1.807) is 36.4 Å². The van der Waals surface area contributed by atoms with Gasteiger partial charge in [-0.1, -0.05) is 84.2 Å². The standard InChI is InChI=1S/C42H24Br3N3O6/c43-31-7-1-25(2-8-31)37-16-13-34(22-46-37)52-40(49)28-19-29(41(50)53-35-14-17-38(47-23-35)26-3-9-32(44)10-4-26)21-30(20-28)42(51)54-36-15-18-39(48-24-36)27-5-11-33(45)12-6-27/h1-24H. The van der Waals surface area contributed by atoms with Gasteiger partial charge in [-0.3, -0.25) is 15.0 Å². The van der Waals surface area contributed by atoms with Gasteiger partial charge in [0.15, 0.2) is 0 Å². The first kappa shape index (κ1) is 36.5. The second kappa shape index (κ2) is 16.5. The fourth-order valence-electron chi connectivity index (χ4n) is 5.18. The Bertz CT molecular complexity index is 2170. The highest BCUT2D eigenvalue weighted by atomic mass is 79.9. The van der Waals surface area contributed by atoms with Crippen LogP contribution in [-0.4, -0.2) is 32.9 Å². The molecule has 0 amide bonds. The molecule has 7 aromatic rings. The van der Waals surface area contributed by atoms with E-state index in [1.807, 2.05) is 72.8 Å². The number of aromatic nitrogens is 3. The molecule has 0 unspecified atom stereocenters. The summed E-state index contributed by atoms with van der Waals surface area (Å²) < 4.78 is 19.6. The van der Waals surface area contributed by atoms with E-state index in [9.17, 15) is 14.4 Å². The van der Waals surface area contributed by atoms with Gasteiger partial charge in [-0.2, -0.15) is 0 Å². The number of hydrogen-bond acceptors (Lipinski definition) is 9. The molecular weight excluding hydrogens is 882 g/mol. The number of ether oxygens (including phenoxy) is 3. The summed E-state index contributed by atoms with van der Waals surface area (Å²) >= 11 is 10.3. The summed E-state index contributed by atoms with van der Waals surface area (Å²) in [5, 5.41) is 0. The molecule has 0 N–H and O–H groups in total. The molecule has 3 heterocycles. The van der Waals surface area contributed by atoms with Crippen molar-refractivity contribution in [2.75, 3.05) is 0 Å². The maximum atomic E-state index is 13.5. The van der Waals surface area contributed by atoms with Gasteiger partial charge in [0.25, 0.3) is 0 Å². The predicted octanol–water partition coefficient (Wildman–Crippen LogP) is 10.8. The average Bonchev–Trinajstić information content (AvgIpc) is 3.19. The molecule has 264 valence electrons. The first-order valence-corrected chi connectivity index (χ1v) is 18.5. The van der Waals surface area contributed by atoms with E-state index in [0.29, 0.717) is 17.1 Å². The van der Waals surface area contributed by atoms with Crippen molar-refractivity contribution in [3.63, 3.8) is 0 Å². The van der Waals surface area contributed by atoms with Crippen molar-refractivity contribution in [1.82, 2.24) is 15.0 Å². The maximum Gasteiger partial charge on any atom is 0.343 e. The second-order valence-corrected chi connectivity index (χ2v) is 14.4. The van der Waals surface area contributed by atoms with E-state index in [4.69, 9.17) is 14.2 Å². The minimum absolute atomic E-state index is 0.0965. The Labute approximate surface area is 334 Å². The molecule has 0 aliphatic rings. The van der Waals surface area contributed by atoms with E-state index in [-0.39, 0.29) is 33.9 Å². The molecule has 0 bridgehead atoms. The molecule has 3 aromatic heterocycles. The largest absolute Gasteiger partial charge is 0.421 e. The van der Waals surface area contributed by atoms with Gasteiger partial charge in [0.2, 0.25) is 0 Å². The van der Waals surface area contributed by atoms with Gasteiger partial charge in [0.1, 0.15) is 17.2 Å². The van der Waals surface area contributed by atoms with E-state index in [1.165, 1.54) is 36.8 Å². The lowest BCUT2D eigenvalue weighted by molar-refractivity contribution is 0.0734. The molecule has 9 nitrogen and oxygen atoms in total.